The zero-order chi connectivity index (χ0) is 24.2. The van der Waals surface area contributed by atoms with E-state index < -0.39 is 0 Å². The Morgan fingerprint density at radius 1 is 1.03 bits per heavy atom. The predicted molar refractivity (Wildman–Crippen MR) is 147 cm³/mol. The molecule has 1 aliphatic heterocycles. The summed E-state index contributed by atoms with van der Waals surface area (Å²) in [5.74, 6) is 1.53. The summed E-state index contributed by atoms with van der Waals surface area (Å²) in [4.78, 5) is 6.02. The van der Waals surface area contributed by atoms with E-state index in [0.29, 0.717) is 12.5 Å². The largest absolute Gasteiger partial charge is 0.492 e. The number of aromatic nitrogens is 1. The molecule has 1 aromatic heterocycles. The number of ether oxygens (including phenoxy) is 1. The van der Waals surface area contributed by atoms with Crippen molar-refractivity contribution >= 4 is 33.7 Å². The van der Waals surface area contributed by atoms with Crippen molar-refractivity contribution in [1.29, 1.82) is 0 Å². The van der Waals surface area contributed by atoms with Crippen LogP contribution in [-0.4, -0.2) is 42.7 Å². The topological polar surface area (TPSA) is 54.3 Å². The molecule has 4 aromatic rings. The average molecular weight is 486 g/mol. The maximum Gasteiger partial charge on any atom is 0.119 e. The fraction of sp³-hybridized carbons (Fsp3) is 0.267. The zero-order valence-electron chi connectivity index (χ0n) is 20.1. The van der Waals surface area contributed by atoms with Gasteiger partial charge in [-0.1, -0.05) is 67.1 Å². The van der Waals surface area contributed by atoms with Gasteiger partial charge in [-0.2, -0.15) is 0 Å². The van der Waals surface area contributed by atoms with E-state index in [-0.39, 0.29) is 0 Å². The molecule has 1 saturated heterocycles. The van der Waals surface area contributed by atoms with E-state index in [2.05, 4.69) is 77.5 Å². The molecule has 180 valence electrons. The third-order valence-electron chi connectivity index (χ3n) is 6.84. The van der Waals surface area contributed by atoms with Gasteiger partial charge in [0.05, 0.1) is 0 Å². The first-order valence-corrected chi connectivity index (χ1v) is 12.8. The molecule has 0 aliphatic carbocycles. The molecule has 4 nitrogen and oxygen atoms in total. The van der Waals surface area contributed by atoms with Crippen LogP contribution >= 0.6 is 11.6 Å². The number of nitrogens with two attached hydrogens (primary N) is 1. The van der Waals surface area contributed by atoms with Crippen molar-refractivity contribution in [3.05, 3.63) is 101 Å². The number of para-hydroxylation sites is 1. The highest BCUT2D eigenvalue weighted by Crippen LogP contribution is 2.38. The van der Waals surface area contributed by atoms with Gasteiger partial charge in [0.1, 0.15) is 12.4 Å². The minimum atomic E-state index is 0.648. The summed E-state index contributed by atoms with van der Waals surface area (Å²) in [6.45, 7) is 6.74. The van der Waals surface area contributed by atoms with Crippen LogP contribution in [-0.2, 0) is 0 Å². The summed E-state index contributed by atoms with van der Waals surface area (Å²) in [6.07, 6.45) is 0.853. The van der Waals surface area contributed by atoms with Crippen LogP contribution in [0, 0.1) is 5.92 Å². The average Bonchev–Trinajstić information content (AvgIpc) is 3.29. The van der Waals surface area contributed by atoms with Gasteiger partial charge in [-0.25, -0.2) is 0 Å². The quantitative estimate of drug-likeness (QED) is 0.267. The second-order valence-electron chi connectivity index (χ2n) is 9.19. The number of fused-ring (bicyclic) bond motifs is 1. The summed E-state index contributed by atoms with van der Waals surface area (Å²) in [7, 11) is 0. The van der Waals surface area contributed by atoms with Gasteiger partial charge in [-0.05, 0) is 65.9 Å². The normalized spacial score (nSPS) is 15.2. The molecule has 0 bridgehead atoms. The number of nitrogens with one attached hydrogen (secondary N) is 1. The first-order valence-electron chi connectivity index (χ1n) is 12.4. The molecule has 2 heterocycles. The molecule has 0 spiro atoms. The van der Waals surface area contributed by atoms with E-state index in [1.807, 2.05) is 18.2 Å². The summed E-state index contributed by atoms with van der Waals surface area (Å²) < 4.78 is 6.04. The molecule has 3 N–H and O–H groups in total. The van der Waals surface area contributed by atoms with Crippen LogP contribution in [0.4, 0.5) is 0 Å². The van der Waals surface area contributed by atoms with Crippen molar-refractivity contribution in [3.63, 3.8) is 0 Å². The number of hydrogen-bond donors (Lipinski definition) is 2. The molecule has 5 heteroatoms. The third kappa shape index (κ3) is 5.15. The lowest BCUT2D eigenvalue weighted by Gasteiger charge is -2.38. The second kappa shape index (κ2) is 10.7. The summed E-state index contributed by atoms with van der Waals surface area (Å²) >= 11 is 6.66. The van der Waals surface area contributed by atoms with E-state index in [1.165, 1.54) is 11.0 Å². The Balaban J connectivity index is 1.46. The van der Waals surface area contributed by atoms with Crippen molar-refractivity contribution < 1.29 is 4.74 Å². The minimum absolute atomic E-state index is 0.648. The Morgan fingerprint density at radius 3 is 2.49 bits per heavy atom. The van der Waals surface area contributed by atoms with Crippen LogP contribution in [0.1, 0.15) is 30.2 Å². The molecule has 0 amide bonds. The number of aromatic amines is 1. The highest BCUT2D eigenvalue weighted by molar-refractivity contribution is 6.32. The smallest absolute Gasteiger partial charge is 0.119 e. The van der Waals surface area contributed by atoms with Gasteiger partial charge >= 0.3 is 0 Å². The van der Waals surface area contributed by atoms with Crippen LogP contribution in [0.3, 0.4) is 0 Å². The molecule has 0 radical (unpaired) electrons. The fourth-order valence-electron chi connectivity index (χ4n) is 4.93. The first kappa shape index (κ1) is 23.7. The van der Waals surface area contributed by atoms with Gasteiger partial charge in [-0.15, -0.1) is 0 Å². The number of likely N-dealkylation sites (tertiary alicyclic amines) is 1. The summed E-state index contributed by atoms with van der Waals surface area (Å²) in [6, 6.07) is 27.1. The Labute approximate surface area is 212 Å². The zero-order valence-corrected chi connectivity index (χ0v) is 20.9. The monoisotopic (exact) mass is 485 g/mol. The number of allylic oxidation sites excluding steroid dienone is 1. The van der Waals surface area contributed by atoms with Gasteiger partial charge in [0.2, 0.25) is 0 Å². The van der Waals surface area contributed by atoms with Crippen LogP contribution < -0.4 is 10.5 Å². The Bertz CT molecular complexity index is 1290. The van der Waals surface area contributed by atoms with Crippen LogP contribution in [0.25, 0.3) is 22.0 Å². The van der Waals surface area contributed by atoms with E-state index in [0.717, 1.165) is 71.3 Å². The number of rotatable bonds is 9. The Hall–Kier alpha value is -3.05. The molecule has 0 saturated carbocycles. The highest BCUT2D eigenvalue weighted by atomic mass is 35.5. The first-order chi connectivity index (χ1) is 17.2. The van der Waals surface area contributed by atoms with Crippen LogP contribution in [0.5, 0.6) is 5.75 Å². The Kier molecular flexibility index (Phi) is 7.24. The number of benzene rings is 3. The van der Waals surface area contributed by atoms with Crippen LogP contribution in [0.15, 0.2) is 78.9 Å². The molecule has 5 rings (SSSR count). The fourth-order valence-corrected chi connectivity index (χ4v) is 5.18. The maximum atomic E-state index is 6.66. The van der Waals surface area contributed by atoms with E-state index in [1.54, 1.807) is 0 Å². The van der Waals surface area contributed by atoms with Gasteiger partial charge in [0.25, 0.3) is 0 Å². The van der Waals surface area contributed by atoms with Gasteiger partial charge in [0.15, 0.2) is 0 Å². The SMILES string of the molecule is CC/C(=C(/c1ccc(OCCN2CC(CN)C2)cc1)c1cc2ccccc2[nH]1)c1ccccc1Cl. The molecule has 0 unspecified atom stereocenters. The molecule has 1 aliphatic rings. The lowest BCUT2D eigenvalue weighted by atomic mass is 9.90. The molecule has 0 atom stereocenters. The lowest BCUT2D eigenvalue weighted by Crippen LogP contribution is -2.50. The van der Waals surface area contributed by atoms with E-state index in [9.17, 15) is 0 Å². The summed E-state index contributed by atoms with van der Waals surface area (Å²) in [5, 5.41) is 1.96. The molecule has 3 aromatic carbocycles. The molecule has 35 heavy (non-hydrogen) atoms. The highest BCUT2D eigenvalue weighted by Gasteiger charge is 2.24. The minimum Gasteiger partial charge on any atom is -0.492 e. The van der Waals surface area contributed by atoms with Crippen molar-refractivity contribution in [2.45, 2.75) is 13.3 Å². The van der Waals surface area contributed by atoms with Crippen molar-refractivity contribution in [3.8, 4) is 5.75 Å². The molecule has 1 fully saturated rings. The lowest BCUT2D eigenvalue weighted by molar-refractivity contribution is 0.0875. The van der Waals surface area contributed by atoms with E-state index >= 15 is 0 Å². The number of nitrogens with zero attached hydrogens (tertiary/aromatic N) is 1. The van der Waals surface area contributed by atoms with Gasteiger partial charge in [0, 0.05) is 46.8 Å². The molecular weight excluding hydrogens is 454 g/mol. The second-order valence-corrected chi connectivity index (χ2v) is 9.60. The van der Waals surface area contributed by atoms with Crippen molar-refractivity contribution in [1.82, 2.24) is 9.88 Å². The third-order valence-corrected chi connectivity index (χ3v) is 7.17. The maximum absolute atomic E-state index is 6.66. The number of H-pyrrole nitrogens is 1. The Morgan fingerprint density at radius 2 is 1.77 bits per heavy atom. The van der Waals surface area contributed by atoms with Crippen LogP contribution in [0.2, 0.25) is 5.02 Å². The van der Waals surface area contributed by atoms with Crippen molar-refractivity contribution in [2.24, 2.45) is 11.7 Å². The summed E-state index contributed by atoms with van der Waals surface area (Å²) in [5.41, 5.74) is 12.5. The molecular formula is C30H32ClN3O. The van der Waals surface area contributed by atoms with Crippen molar-refractivity contribution in [2.75, 3.05) is 32.8 Å². The number of hydrogen-bond acceptors (Lipinski definition) is 3. The standard InChI is InChI=1S/C30H32ClN3O/c1-2-25(26-8-4-5-9-27(26)31)30(29-17-23-7-3-6-10-28(23)33-29)22-11-13-24(14-12-22)35-16-15-34-19-21(18-32)20-34/h3-14,17,21,33H,2,15-16,18-20,32H2,1H3/b30-25+. The van der Waals surface area contributed by atoms with Gasteiger partial charge in [-0.3, -0.25) is 4.90 Å². The predicted octanol–water partition coefficient (Wildman–Crippen LogP) is 6.46. The number of halogens is 1. The van der Waals surface area contributed by atoms with E-state index in [4.69, 9.17) is 22.1 Å². The van der Waals surface area contributed by atoms with Gasteiger partial charge < -0.3 is 15.5 Å².